The van der Waals surface area contributed by atoms with Crippen LogP contribution in [0.2, 0.25) is 0 Å². The summed E-state index contributed by atoms with van der Waals surface area (Å²) in [6.07, 6.45) is 8.62. The Kier molecular flexibility index (Phi) is 6.89. The SMILES string of the molecule is N=C/C(=C\N)C1=C(/C=C/Nc2ccc3c(c2)CCN(CC(F)(F)F)C3)C=NC=CC1. The van der Waals surface area contributed by atoms with Gasteiger partial charge in [0.2, 0.25) is 0 Å². The highest BCUT2D eigenvalue weighted by Crippen LogP contribution is 2.26. The number of allylic oxidation sites excluding steroid dienone is 5. The zero-order valence-electron chi connectivity index (χ0n) is 16.4. The molecule has 0 saturated heterocycles. The van der Waals surface area contributed by atoms with Gasteiger partial charge in [-0.3, -0.25) is 9.89 Å². The van der Waals surface area contributed by atoms with Crippen LogP contribution in [-0.4, -0.2) is 36.6 Å². The number of alkyl halides is 3. The number of nitrogens with two attached hydrogens (primary N) is 1. The van der Waals surface area contributed by atoms with E-state index in [1.54, 1.807) is 18.6 Å². The standard InChI is InChI=1S/C22H24F3N5/c23-22(24,25)15-30-9-6-16-10-20(4-3-18(16)14-30)29-8-5-17-13-28-7-1-2-21(17)19(11-26)12-27/h1,3-5,7-8,10-13,26,29H,2,6,9,14-15,27H2/b8-5+,19-12+,26-11?. The fourth-order valence-electron chi connectivity index (χ4n) is 3.53. The summed E-state index contributed by atoms with van der Waals surface area (Å²) in [5, 5.41) is 10.7. The van der Waals surface area contributed by atoms with Crippen LogP contribution >= 0.6 is 0 Å². The van der Waals surface area contributed by atoms with Gasteiger partial charge in [0.25, 0.3) is 0 Å². The smallest absolute Gasteiger partial charge is 0.401 e. The lowest BCUT2D eigenvalue weighted by atomic mass is 9.98. The lowest BCUT2D eigenvalue weighted by molar-refractivity contribution is -0.147. The molecule has 4 N–H and O–H groups in total. The summed E-state index contributed by atoms with van der Waals surface area (Å²) >= 11 is 0. The van der Waals surface area contributed by atoms with Crippen LogP contribution in [0.25, 0.3) is 0 Å². The Morgan fingerprint density at radius 1 is 1.30 bits per heavy atom. The molecule has 2 aliphatic rings. The molecule has 5 nitrogen and oxygen atoms in total. The number of hydrogen-bond donors (Lipinski definition) is 3. The first-order chi connectivity index (χ1) is 14.4. The molecule has 2 heterocycles. The number of nitrogens with one attached hydrogen (secondary N) is 2. The summed E-state index contributed by atoms with van der Waals surface area (Å²) in [6, 6.07) is 5.71. The molecule has 0 aromatic heterocycles. The molecule has 0 saturated carbocycles. The summed E-state index contributed by atoms with van der Waals surface area (Å²) in [5.74, 6) is 0. The Labute approximate surface area is 173 Å². The molecule has 3 rings (SSSR count). The van der Waals surface area contributed by atoms with Crippen LogP contribution in [0.4, 0.5) is 18.9 Å². The van der Waals surface area contributed by atoms with E-state index >= 15 is 0 Å². The molecule has 0 fully saturated rings. The second-order valence-corrected chi connectivity index (χ2v) is 7.10. The Morgan fingerprint density at radius 3 is 2.87 bits per heavy atom. The van der Waals surface area contributed by atoms with Crippen LogP contribution < -0.4 is 11.1 Å². The molecular weight excluding hydrogens is 391 g/mol. The predicted molar refractivity (Wildman–Crippen MR) is 115 cm³/mol. The van der Waals surface area contributed by atoms with E-state index in [0.29, 0.717) is 31.5 Å². The van der Waals surface area contributed by atoms with Gasteiger partial charge in [0.1, 0.15) is 0 Å². The van der Waals surface area contributed by atoms with Gasteiger partial charge < -0.3 is 16.5 Å². The molecule has 0 aliphatic carbocycles. The maximum atomic E-state index is 12.6. The fraction of sp³-hybridized carbons (Fsp3) is 0.273. The largest absolute Gasteiger partial charge is 0.404 e. The van der Waals surface area contributed by atoms with E-state index in [2.05, 4.69) is 10.3 Å². The third kappa shape index (κ3) is 5.70. The minimum atomic E-state index is -4.18. The first-order valence-electron chi connectivity index (χ1n) is 9.57. The van der Waals surface area contributed by atoms with Crippen molar-refractivity contribution in [1.82, 2.24) is 4.90 Å². The first kappa shape index (κ1) is 21.6. The van der Waals surface area contributed by atoms with Crippen molar-refractivity contribution in [2.45, 2.75) is 25.6 Å². The Hall–Kier alpha value is -3.13. The maximum absolute atomic E-state index is 12.6. The number of rotatable bonds is 6. The quantitative estimate of drug-likeness (QED) is 0.606. The van der Waals surface area contributed by atoms with Crippen molar-refractivity contribution in [3.63, 3.8) is 0 Å². The molecule has 0 atom stereocenters. The summed E-state index contributed by atoms with van der Waals surface area (Å²) < 4.78 is 37.9. The molecule has 2 aliphatic heterocycles. The van der Waals surface area contributed by atoms with Crippen LogP contribution in [-0.2, 0) is 13.0 Å². The second kappa shape index (κ2) is 9.58. The van der Waals surface area contributed by atoms with E-state index in [-0.39, 0.29) is 0 Å². The molecular formula is C22H24F3N5. The van der Waals surface area contributed by atoms with Crippen molar-refractivity contribution >= 4 is 18.1 Å². The highest BCUT2D eigenvalue weighted by molar-refractivity contribution is 5.92. The molecule has 158 valence electrons. The van der Waals surface area contributed by atoms with E-state index in [1.165, 1.54) is 17.3 Å². The first-order valence-corrected chi connectivity index (χ1v) is 9.57. The zero-order valence-corrected chi connectivity index (χ0v) is 16.4. The number of aliphatic imine (C=N–C) groups is 1. The summed E-state index contributed by atoms with van der Waals surface area (Å²) in [6.45, 7) is -0.177. The Morgan fingerprint density at radius 2 is 2.13 bits per heavy atom. The van der Waals surface area contributed by atoms with Crippen molar-refractivity contribution in [3.8, 4) is 0 Å². The van der Waals surface area contributed by atoms with E-state index in [0.717, 1.165) is 28.0 Å². The lowest BCUT2D eigenvalue weighted by Gasteiger charge is -2.29. The van der Waals surface area contributed by atoms with Gasteiger partial charge in [0.15, 0.2) is 0 Å². The van der Waals surface area contributed by atoms with Gasteiger partial charge in [-0.15, -0.1) is 0 Å². The van der Waals surface area contributed by atoms with E-state index in [9.17, 15) is 13.2 Å². The van der Waals surface area contributed by atoms with Crippen LogP contribution in [0.5, 0.6) is 0 Å². The minimum Gasteiger partial charge on any atom is -0.404 e. The number of fused-ring (bicyclic) bond motifs is 1. The molecule has 30 heavy (non-hydrogen) atoms. The third-order valence-corrected chi connectivity index (χ3v) is 4.97. The number of halogens is 3. The van der Waals surface area contributed by atoms with E-state index < -0.39 is 12.7 Å². The third-order valence-electron chi connectivity index (χ3n) is 4.97. The zero-order chi connectivity index (χ0) is 21.6. The highest BCUT2D eigenvalue weighted by atomic mass is 19.4. The van der Waals surface area contributed by atoms with Crippen molar-refractivity contribution in [1.29, 1.82) is 5.41 Å². The summed E-state index contributed by atoms with van der Waals surface area (Å²) in [7, 11) is 0. The maximum Gasteiger partial charge on any atom is 0.401 e. The average molecular weight is 415 g/mol. The van der Waals surface area contributed by atoms with Crippen LogP contribution in [0.1, 0.15) is 17.5 Å². The molecule has 1 aromatic carbocycles. The van der Waals surface area contributed by atoms with Gasteiger partial charge >= 0.3 is 6.18 Å². The molecule has 0 spiro atoms. The van der Waals surface area contributed by atoms with Gasteiger partial charge in [0.05, 0.1) is 6.54 Å². The van der Waals surface area contributed by atoms with Crippen molar-refractivity contribution < 1.29 is 13.2 Å². The van der Waals surface area contributed by atoms with E-state index in [1.807, 2.05) is 30.4 Å². The Bertz CT molecular complexity index is 939. The average Bonchev–Trinajstić information content (AvgIpc) is 2.94. The second-order valence-electron chi connectivity index (χ2n) is 7.10. The molecule has 1 aromatic rings. The van der Waals surface area contributed by atoms with Crippen molar-refractivity contribution in [2.24, 2.45) is 10.7 Å². The van der Waals surface area contributed by atoms with Gasteiger partial charge in [-0.2, -0.15) is 13.2 Å². The normalized spacial score (nSPS) is 17.9. The number of benzene rings is 1. The van der Waals surface area contributed by atoms with Gasteiger partial charge in [0, 0.05) is 55.4 Å². The lowest BCUT2D eigenvalue weighted by Crippen LogP contribution is -2.37. The molecule has 0 amide bonds. The van der Waals surface area contributed by atoms with Gasteiger partial charge in [-0.1, -0.05) is 12.1 Å². The van der Waals surface area contributed by atoms with Gasteiger partial charge in [-0.05, 0) is 53.3 Å². The van der Waals surface area contributed by atoms with E-state index in [4.69, 9.17) is 11.1 Å². The number of anilines is 1. The summed E-state index contributed by atoms with van der Waals surface area (Å²) in [4.78, 5) is 5.62. The molecule has 0 bridgehead atoms. The number of hydrogen-bond acceptors (Lipinski definition) is 5. The van der Waals surface area contributed by atoms with Crippen LogP contribution in [0.3, 0.4) is 0 Å². The minimum absolute atomic E-state index is 0.308. The molecule has 0 radical (unpaired) electrons. The van der Waals surface area contributed by atoms with Crippen molar-refractivity contribution in [2.75, 3.05) is 18.4 Å². The predicted octanol–water partition coefficient (Wildman–Crippen LogP) is 4.31. The van der Waals surface area contributed by atoms with Crippen LogP contribution in [0, 0.1) is 5.41 Å². The fourth-order valence-corrected chi connectivity index (χ4v) is 3.53. The summed E-state index contributed by atoms with van der Waals surface area (Å²) in [5.41, 5.74) is 10.9. The molecule has 0 unspecified atom stereocenters. The highest BCUT2D eigenvalue weighted by Gasteiger charge is 2.32. The number of nitrogens with zero attached hydrogens (tertiary/aromatic N) is 2. The van der Waals surface area contributed by atoms with Gasteiger partial charge in [-0.25, -0.2) is 0 Å². The topological polar surface area (TPSA) is 77.5 Å². The Balaban J connectivity index is 1.70. The van der Waals surface area contributed by atoms with Crippen molar-refractivity contribution in [3.05, 3.63) is 76.8 Å². The monoisotopic (exact) mass is 415 g/mol. The molecule has 8 heteroatoms. The van der Waals surface area contributed by atoms with Crippen LogP contribution in [0.15, 0.2) is 70.7 Å².